The lowest BCUT2D eigenvalue weighted by Crippen LogP contribution is -2.59. The lowest BCUT2D eigenvalue weighted by atomic mass is 10.0. The molecule has 1 aromatic heterocycles. The number of carbonyl (C=O) groups excluding carboxylic acids is 1. The number of nitrogens with zero attached hydrogens (tertiary/aromatic N) is 2. The van der Waals surface area contributed by atoms with Gasteiger partial charge >= 0.3 is 6.18 Å². The van der Waals surface area contributed by atoms with E-state index in [1.165, 1.54) is 6.92 Å². The lowest BCUT2D eigenvalue weighted by molar-refractivity contribution is -0.229. The van der Waals surface area contributed by atoms with E-state index in [1.807, 2.05) is 0 Å². The fourth-order valence-electron chi connectivity index (χ4n) is 2.55. The van der Waals surface area contributed by atoms with E-state index >= 15 is 0 Å². The van der Waals surface area contributed by atoms with Crippen molar-refractivity contribution in [3.05, 3.63) is 17.0 Å². The van der Waals surface area contributed by atoms with Crippen molar-refractivity contribution in [2.24, 2.45) is 0 Å². The van der Waals surface area contributed by atoms with Crippen LogP contribution < -0.4 is 0 Å². The van der Waals surface area contributed by atoms with Crippen molar-refractivity contribution in [3.8, 4) is 0 Å². The minimum atomic E-state index is -4.52. The largest absolute Gasteiger partial charge is 0.411 e. The third-order valence-corrected chi connectivity index (χ3v) is 3.66. The van der Waals surface area contributed by atoms with Crippen molar-refractivity contribution in [2.45, 2.75) is 45.5 Å². The zero-order valence-corrected chi connectivity index (χ0v) is 12.0. The average molecular weight is 306 g/mol. The molecule has 0 bridgehead atoms. The molecule has 2 heterocycles. The summed E-state index contributed by atoms with van der Waals surface area (Å²) in [6.07, 6.45) is -5.75. The molecule has 0 radical (unpaired) electrons. The van der Waals surface area contributed by atoms with Gasteiger partial charge in [-0.3, -0.25) is 4.79 Å². The van der Waals surface area contributed by atoms with E-state index in [1.54, 1.807) is 13.8 Å². The second kappa shape index (κ2) is 5.67. The molecule has 118 valence electrons. The number of rotatable bonds is 2. The highest BCUT2D eigenvalue weighted by Gasteiger charge is 2.50. The summed E-state index contributed by atoms with van der Waals surface area (Å²) in [5.74, 6) is -0.146. The molecule has 5 nitrogen and oxygen atoms in total. The predicted molar refractivity (Wildman–Crippen MR) is 66.7 cm³/mol. The predicted octanol–water partition coefficient (Wildman–Crippen LogP) is 2.01. The average Bonchev–Trinajstić information content (AvgIpc) is 2.68. The molecule has 8 heteroatoms. The highest BCUT2D eigenvalue weighted by molar-refractivity contribution is 5.79. The Morgan fingerprint density at radius 1 is 1.43 bits per heavy atom. The molecule has 0 saturated carbocycles. The molecule has 1 aromatic rings. The first-order valence-electron chi connectivity index (χ1n) is 6.61. The standard InChI is InChI=1S/C13H17F3N2O3/c1-7-10(8(2)21-17-7)6-11(19)18-4-5-20-9(3)12(18)13(14,15)16/h9,12H,4-6H2,1-3H3/t9-,12-/m0/s1. The van der Waals surface area contributed by atoms with Crippen LogP contribution in [0, 0.1) is 13.8 Å². The van der Waals surface area contributed by atoms with Crippen molar-refractivity contribution in [1.29, 1.82) is 0 Å². The molecule has 1 aliphatic heterocycles. The van der Waals surface area contributed by atoms with Crippen LogP contribution in [0.3, 0.4) is 0 Å². The number of amides is 1. The first-order chi connectivity index (χ1) is 9.71. The van der Waals surface area contributed by atoms with Gasteiger partial charge in [-0.2, -0.15) is 13.2 Å². The van der Waals surface area contributed by atoms with Crippen LogP contribution in [-0.2, 0) is 16.0 Å². The maximum Gasteiger partial charge on any atom is 0.411 e. The highest BCUT2D eigenvalue weighted by atomic mass is 19.4. The lowest BCUT2D eigenvalue weighted by Gasteiger charge is -2.40. The van der Waals surface area contributed by atoms with E-state index in [9.17, 15) is 18.0 Å². The van der Waals surface area contributed by atoms with E-state index in [-0.39, 0.29) is 19.6 Å². The van der Waals surface area contributed by atoms with Crippen LogP contribution in [0.4, 0.5) is 13.2 Å². The van der Waals surface area contributed by atoms with Gasteiger partial charge < -0.3 is 14.2 Å². The summed E-state index contributed by atoms with van der Waals surface area (Å²) in [6.45, 7) is 4.64. The number of aromatic nitrogens is 1. The molecule has 0 aromatic carbocycles. The molecule has 1 fully saturated rings. The maximum absolute atomic E-state index is 13.1. The number of hydrogen-bond acceptors (Lipinski definition) is 4. The summed E-state index contributed by atoms with van der Waals surface area (Å²) in [7, 11) is 0. The summed E-state index contributed by atoms with van der Waals surface area (Å²) in [5.41, 5.74) is 1.06. The Labute approximate surface area is 120 Å². The fraction of sp³-hybridized carbons (Fsp3) is 0.692. The van der Waals surface area contributed by atoms with Gasteiger partial charge in [0, 0.05) is 12.1 Å². The van der Waals surface area contributed by atoms with Crippen LogP contribution in [0.25, 0.3) is 0 Å². The van der Waals surface area contributed by atoms with Crippen LogP contribution in [0.15, 0.2) is 4.52 Å². The van der Waals surface area contributed by atoms with Gasteiger partial charge in [-0.1, -0.05) is 5.16 Å². The molecule has 0 aliphatic carbocycles. The Bertz CT molecular complexity index is 508. The quantitative estimate of drug-likeness (QED) is 0.839. The van der Waals surface area contributed by atoms with E-state index < -0.39 is 24.2 Å². The van der Waals surface area contributed by atoms with Gasteiger partial charge in [-0.25, -0.2) is 0 Å². The minimum Gasteiger partial charge on any atom is -0.374 e. The number of morpholine rings is 1. The summed E-state index contributed by atoms with van der Waals surface area (Å²) in [6, 6.07) is -1.92. The van der Waals surface area contributed by atoms with Gasteiger partial charge in [-0.05, 0) is 20.8 Å². The van der Waals surface area contributed by atoms with Gasteiger partial charge in [0.05, 0.1) is 24.8 Å². The third-order valence-electron chi connectivity index (χ3n) is 3.66. The number of hydrogen-bond donors (Lipinski definition) is 0. The Balaban J connectivity index is 2.20. The molecule has 2 atom stereocenters. The SMILES string of the molecule is Cc1noc(C)c1CC(=O)N1CCO[C@@H](C)[C@H]1C(F)(F)F. The van der Waals surface area contributed by atoms with E-state index in [2.05, 4.69) is 5.16 Å². The van der Waals surface area contributed by atoms with Crippen LogP contribution in [-0.4, -0.2) is 47.4 Å². The molecule has 0 spiro atoms. The molecule has 1 saturated heterocycles. The van der Waals surface area contributed by atoms with Gasteiger partial charge in [0.1, 0.15) is 5.76 Å². The molecule has 1 amide bonds. The Morgan fingerprint density at radius 2 is 2.10 bits per heavy atom. The van der Waals surface area contributed by atoms with Crippen molar-refractivity contribution in [3.63, 3.8) is 0 Å². The summed E-state index contributed by atoms with van der Waals surface area (Å²) < 4.78 is 49.4. The van der Waals surface area contributed by atoms with Crippen molar-refractivity contribution in [1.82, 2.24) is 10.1 Å². The van der Waals surface area contributed by atoms with Gasteiger partial charge in [0.15, 0.2) is 6.04 Å². The Hall–Kier alpha value is -1.57. The number of alkyl halides is 3. The highest BCUT2D eigenvalue weighted by Crippen LogP contribution is 2.31. The normalized spacial score (nSPS) is 23.4. The Morgan fingerprint density at radius 3 is 2.62 bits per heavy atom. The second-order valence-corrected chi connectivity index (χ2v) is 5.13. The first-order valence-corrected chi connectivity index (χ1v) is 6.61. The fourth-order valence-corrected chi connectivity index (χ4v) is 2.55. The van der Waals surface area contributed by atoms with Crippen LogP contribution in [0.5, 0.6) is 0 Å². The van der Waals surface area contributed by atoms with E-state index in [0.29, 0.717) is 17.0 Å². The zero-order chi connectivity index (χ0) is 15.8. The molecule has 0 unspecified atom stereocenters. The van der Waals surface area contributed by atoms with Gasteiger partial charge in [0.2, 0.25) is 5.91 Å². The summed E-state index contributed by atoms with van der Waals surface area (Å²) >= 11 is 0. The molecule has 1 aliphatic rings. The van der Waals surface area contributed by atoms with Gasteiger partial charge in [0.25, 0.3) is 0 Å². The molecular formula is C13H17F3N2O3. The molecule has 2 rings (SSSR count). The minimum absolute atomic E-state index is 0.0727. The number of carbonyl (C=O) groups is 1. The van der Waals surface area contributed by atoms with Crippen LogP contribution >= 0.6 is 0 Å². The molecule has 0 N–H and O–H groups in total. The summed E-state index contributed by atoms with van der Waals surface area (Å²) in [4.78, 5) is 13.1. The maximum atomic E-state index is 13.1. The molecule has 21 heavy (non-hydrogen) atoms. The van der Waals surface area contributed by atoms with Crippen molar-refractivity contribution < 1.29 is 27.2 Å². The van der Waals surface area contributed by atoms with E-state index in [0.717, 1.165) is 4.90 Å². The monoisotopic (exact) mass is 306 g/mol. The first kappa shape index (κ1) is 15.8. The second-order valence-electron chi connectivity index (χ2n) is 5.13. The molecular weight excluding hydrogens is 289 g/mol. The van der Waals surface area contributed by atoms with Gasteiger partial charge in [-0.15, -0.1) is 0 Å². The van der Waals surface area contributed by atoms with Crippen molar-refractivity contribution in [2.75, 3.05) is 13.2 Å². The number of halogens is 3. The van der Waals surface area contributed by atoms with Crippen LogP contribution in [0.1, 0.15) is 23.9 Å². The summed E-state index contributed by atoms with van der Waals surface area (Å²) in [5, 5.41) is 3.70. The zero-order valence-electron chi connectivity index (χ0n) is 12.0. The van der Waals surface area contributed by atoms with Crippen molar-refractivity contribution >= 4 is 5.91 Å². The number of aryl methyl sites for hydroxylation is 2. The topological polar surface area (TPSA) is 55.6 Å². The van der Waals surface area contributed by atoms with Crippen LogP contribution in [0.2, 0.25) is 0 Å². The smallest absolute Gasteiger partial charge is 0.374 e. The third kappa shape index (κ3) is 3.20. The number of ether oxygens (including phenoxy) is 1. The Kier molecular flexibility index (Phi) is 4.27. The van der Waals surface area contributed by atoms with E-state index in [4.69, 9.17) is 9.26 Å².